The number of hydrogen-bond acceptors (Lipinski definition) is 4. The van der Waals surface area contributed by atoms with Gasteiger partial charge in [-0.05, 0) is 63.1 Å². The van der Waals surface area contributed by atoms with Crippen molar-refractivity contribution in [2.45, 2.75) is 33.8 Å². The fourth-order valence-corrected chi connectivity index (χ4v) is 2.74. The second kappa shape index (κ2) is 9.26. The Morgan fingerprint density at radius 1 is 1.11 bits per heavy atom. The van der Waals surface area contributed by atoms with Crippen LogP contribution < -0.4 is 14.8 Å². The van der Waals surface area contributed by atoms with Crippen LogP contribution in [0.1, 0.15) is 35.3 Å². The smallest absolute Gasteiger partial charge is 0.254 e. The number of ether oxygens (including phenoxy) is 2. The zero-order valence-corrected chi connectivity index (χ0v) is 17.3. The molecule has 2 rings (SSSR count). The van der Waals surface area contributed by atoms with E-state index in [4.69, 9.17) is 9.47 Å². The summed E-state index contributed by atoms with van der Waals surface area (Å²) in [5.74, 6) is 0.527. The summed E-state index contributed by atoms with van der Waals surface area (Å²) in [6, 6.07) is 10.7. The van der Waals surface area contributed by atoms with Gasteiger partial charge in [-0.3, -0.25) is 9.59 Å². The van der Waals surface area contributed by atoms with Crippen LogP contribution in [0, 0.1) is 13.8 Å². The Morgan fingerprint density at radius 2 is 1.82 bits per heavy atom. The fraction of sp³-hybridized carbons (Fsp3) is 0.364. The molecule has 2 aromatic rings. The van der Waals surface area contributed by atoms with Crippen LogP contribution in [0.15, 0.2) is 36.4 Å². The molecule has 150 valence electrons. The van der Waals surface area contributed by atoms with Crippen molar-refractivity contribution in [3.63, 3.8) is 0 Å². The van der Waals surface area contributed by atoms with Crippen molar-refractivity contribution in [1.29, 1.82) is 0 Å². The standard InChI is InChI=1S/C22H28N2O4/c1-14(2)28-19-11-10-17(12-20(19)27-6)22(26)24(5)13-21(25)23-18-9-7-8-15(3)16(18)4/h7-12,14H,13H2,1-6H3,(H,23,25). The van der Waals surface area contributed by atoms with E-state index in [1.54, 1.807) is 25.2 Å². The Kier molecular flexibility index (Phi) is 7.04. The van der Waals surface area contributed by atoms with Crippen LogP contribution in [0.4, 0.5) is 5.69 Å². The molecule has 2 aromatic carbocycles. The average Bonchev–Trinajstić information content (AvgIpc) is 2.64. The summed E-state index contributed by atoms with van der Waals surface area (Å²) in [6.07, 6.45) is -0.00750. The van der Waals surface area contributed by atoms with Crippen LogP contribution in [0.5, 0.6) is 11.5 Å². The maximum atomic E-state index is 12.7. The van der Waals surface area contributed by atoms with E-state index in [-0.39, 0.29) is 24.5 Å². The second-order valence-corrected chi connectivity index (χ2v) is 6.99. The molecule has 0 heterocycles. The maximum absolute atomic E-state index is 12.7. The van der Waals surface area contributed by atoms with Crippen molar-refractivity contribution in [2.75, 3.05) is 26.0 Å². The van der Waals surface area contributed by atoms with E-state index >= 15 is 0 Å². The van der Waals surface area contributed by atoms with Gasteiger partial charge in [-0.1, -0.05) is 12.1 Å². The van der Waals surface area contributed by atoms with Gasteiger partial charge in [-0.2, -0.15) is 0 Å². The van der Waals surface area contributed by atoms with E-state index in [1.165, 1.54) is 12.0 Å². The van der Waals surface area contributed by atoms with Crippen LogP contribution in [0.3, 0.4) is 0 Å². The van der Waals surface area contributed by atoms with Crippen LogP contribution in [0.25, 0.3) is 0 Å². The van der Waals surface area contributed by atoms with E-state index in [0.717, 1.165) is 16.8 Å². The van der Waals surface area contributed by atoms with Gasteiger partial charge in [0.1, 0.15) is 0 Å². The molecule has 0 aromatic heterocycles. The third kappa shape index (κ3) is 5.25. The molecule has 0 atom stereocenters. The number of nitrogens with zero attached hydrogens (tertiary/aromatic N) is 1. The zero-order chi connectivity index (χ0) is 20.8. The minimum absolute atomic E-state index is 0.00750. The van der Waals surface area contributed by atoms with Crippen LogP contribution in [-0.2, 0) is 4.79 Å². The lowest BCUT2D eigenvalue weighted by molar-refractivity contribution is -0.116. The molecule has 0 bridgehead atoms. The first kappa shape index (κ1) is 21.3. The van der Waals surface area contributed by atoms with Crippen molar-refractivity contribution in [2.24, 2.45) is 0 Å². The minimum atomic E-state index is -0.273. The van der Waals surface area contributed by atoms with Gasteiger partial charge in [-0.15, -0.1) is 0 Å². The summed E-state index contributed by atoms with van der Waals surface area (Å²) in [4.78, 5) is 26.4. The summed E-state index contributed by atoms with van der Waals surface area (Å²) < 4.78 is 11.0. The van der Waals surface area contributed by atoms with Crippen LogP contribution >= 0.6 is 0 Å². The predicted octanol–water partition coefficient (Wildman–Crippen LogP) is 3.81. The summed E-state index contributed by atoms with van der Waals surface area (Å²) >= 11 is 0. The molecule has 0 fully saturated rings. The Labute approximate surface area is 166 Å². The first-order chi connectivity index (χ1) is 13.2. The fourth-order valence-electron chi connectivity index (χ4n) is 2.74. The van der Waals surface area contributed by atoms with Gasteiger partial charge < -0.3 is 19.7 Å². The molecule has 0 saturated carbocycles. The molecule has 0 spiro atoms. The van der Waals surface area contributed by atoms with Gasteiger partial charge in [-0.25, -0.2) is 0 Å². The Hall–Kier alpha value is -3.02. The lowest BCUT2D eigenvalue weighted by Crippen LogP contribution is -2.35. The summed E-state index contributed by atoms with van der Waals surface area (Å²) in [7, 11) is 3.12. The van der Waals surface area contributed by atoms with Gasteiger partial charge in [0.2, 0.25) is 5.91 Å². The first-order valence-corrected chi connectivity index (χ1v) is 9.19. The number of hydrogen-bond donors (Lipinski definition) is 1. The lowest BCUT2D eigenvalue weighted by Gasteiger charge is -2.19. The number of rotatable bonds is 7. The molecule has 0 radical (unpaired) electrons. The molecule has 2 amide bonds. The van der Waals surface area contributed by atoms with Crippen LogP contribution in [0.2, 0.25) is 0 Å². The van der Waals surface area contributed by atoms with Gasteiger partial charge in [0.15, 0.2) is 11.5 Å². The van der Waals surface area contributed by atoms with E-state index < -0.39 is 0 Å². The number of likely N-dealkylation sites (N-methyl/N-ethyl adjacent to an activating group) is 1. The highest BCUT2D eigenvalue weighted by molar-refractivity contribution is 5.99. The number of carbonyl (C=O) groups excluding carboxylic acids is 2. The Balaban J connectivity index is 2.07. The van der Waals surface area contributed by atoms with E-state index in [1.807, 2.05) is 45.9 Å². The average molecular weight is 384 g/mol. The molecule has 0 saturated heterocycles. The number of aryl methyl sites for hydroxylation is 1. The lowest BCUT2D eigenvalue weighted by atomic mass is 10.1. The van der Waals surface area contributed by atoms with E-state index in [2.05, 4.69) is 5.32 Å². The summed E-state index contributed by atoms with van der Waals surface area (Å²) in [5.41, 5.74) is 3.28. The van der Waals surface area contributed by atoms with Crippen molar-refractivity contribution in [3.05, 3.63) is 53.1 Å². The number of nitrogens with one attached hydrogen (secondary N) is 1. The maximum Gasteiger partial charge on any atom is 0.254 e. The van der Waals surface area contributed by atoms with Crippen molar-refractivity contribution in [3.8, 4) is 11.5 Å². The van der Waals surface area contributed by atoms with Gasteiger partial charge in [0.25, 0.3) is 5.91 Å². The summed E-state index contributed by atoms with van der Waals surface area (Å²) in [6.45, 7) is 7.72. The van der Waals surface area contributed by atoms with Crippen molar-refractivity contribution in [1.82, 2.24) is 4.90 Å². The van der Waals surface area contributed by atoms with Gasteiger partial charge in [0, 0.05) is 18.3 Å². The largest absolute Gasteiger partial charge is 0.493 e. The first-order valence-electron chi connectivity index (χ1n) is 9.19. The topological polar surface area (TPSA) is 67.9 Å². The third-order valence-corrected chi connectivity index (χ3v) is 4.38. The monoisotopic (exact) mass is 384 g/mol. The molecular formula is C22H28N2O4. The highest BCUT2D eigenvalue weighted by atomic mass is 16.5. The molecule has 6 nitrogen and oxygen atoms in total. The predicted molar refractivity (Wildman–Crippen MR) is 110 cm³/mol. The Morgan fingerprint density at radius 3 is 2.46 bits per heavy atom. The Bertz CT molecular complexity index is 862. The third-order valence-electron chi connectivity index (χ3n) is 4.38. The van der Waals surface area contributed by atoms with E-state index in [9.17, 15) is 9.59 Å². The molecule has 6 heteroatoms. The molecule has 28 heavy (non-hydrogen) atoms. The number of carbonyl (C=O) groups is 2. The quantitative estimate of drug-likeness (QED) is 0.788. The van der Waals surface area contributed by atoms with Crippen molar-refractivity contribution >= 4 is 17.5 Å². The SMILES string of the molecule is COc1cc(C(=O)N(C)CC(=O)Nc2cccc(C)c2C)ccc1OC(C)C. The normalized spacial score (nSPS) is 10.5. The highest BCUT2D eigenvalue weighted by Gasteiger charge is 2.18. The molecule has 1 N–H and O–H groups in total. The highest BCUT2D eigenvalue weighted by Crippen LogP contribution is 2.29. The minimum Gasteiger partial charge on any atom is -0.493 e. The van der Waals surface area contributed by atoms with Gasteiger partial charge >= 0.3 is 0 Å². The molecule has 0 aliphatic rings. The number of methoxy groups -OCH3 is 1. The number of amides is 2. The van der Waals surface area contributed by atoms with Crippen molar-refractivity contribution < 1.29 is 19.1 Å². The van der Waals surface area contributed by atoms with Crippen LogP contribution in [-0.4, -0.2) is 43.5 Å². The van der Waals surface area contributed by atoms with E-state index in [0.29, 0.717) is 17.1 Å². The molecule has 0 aliphatic carbocycles. The molecule has 0 aliphatic heterocycles. The van der Waals surface area contributed by atoms with Gasteiger partial charge in [0.05, 0.1) is 19.8 Å². The summed E-state index contributed by atoms with van der Waals surface area (Å²) in [5, 5.41) is 2.86. The zero-order valence-electron chi connectivity index (χ0n) is 17.3. The number of anilines is 1. The number of benzene rings is 2. The molecule has 0 unspecified atom stereocenters. The second-order valence-electron chi connectivity index (χ2n) is 6.99. The molecular weight excluding hydrogens is 356 g/mol.